The molecule has 3 fully saturated rings. The van der Waals surface area contributed by atoms with E-state index in [9.17, 15) is 13.2 Å². The maximum absolute atomic E-state index is 13.0. The minimum atomic E-state index is -3.43. The SMILES string of the molecule is O=C1CCCN1c1ccc(S(=O)(=O)N2CCCC2C2CCC2)cc1. The number of carbonyl (C=O) groups excluding carboxylic acids is 1. The lowest BCUT2D eigenvalue weighted by atomic mass is 9.79. The topological polar surface area (TPSA) is 57.7 Å². The van der Waals surface area contributed by atoms with Gasteiger partial charge in [0.2, 0.25) is 15.9 Å². The van der Waals surface area contributed by atoms with Crippen molar-refractivity contribution in [1.29, 1.82) is 0 Å². The van der Waals surface area contributed by atoms with Crippen LogP contribution in [0.15, 0.2) is 29.2 Å². The van der Waals surface area contributed by atoms with Crippen LogP contribution < -0.4 is 4.90 Å². The Labute approximate surface area is 143 Å². The van der Waals surface area contributed by atoms with Gasteiger partial charge in [0, 0.05) is 31.2 Å². The van der Waals surface area contributed by atoms with E-state index < -0.39 is 10.0 Å². The van der Waals surface area contributed by atoms with Crippen molar-refractivity contribution in [2.75, 3.05) is 18.0 Å². The molecule has 1 aliphatic carbocycles. The zero-order chi connectivity index (χ0) is 16.7. The summed E-state index contributed by atoms with van der Waals surface area (Å²) in [6.45, 7) is 1.36. The van der Waals surface area contributed by atoms with E-state index in [4.69, 9.17) is 0 Å². The summed E-state index contributed by atoms with van der Waals surface area (Å²) < 4.78 is 27.8. The molecule has 1 aromatic carbocycles. The van der Waals surface area contributed by atoms with Crippen molar-refractivity contribution in [2.24, 2.45) is 5.92 Å². The number of carbonyl (C=O) groups is 1. The third-order valence-corrected chi connectivity index (χ3v) is 7.71. The van der Waals surface area contributed by atoms with Crippen molar-refractivity contribution in [3.8, 4) is 0 Å². The van der Waals surface area contributed by atoms with Crippen molar-refractivity contribution >= 4 is 21.6 Å². The number of rotatable bonds is 4. The van der Waals surface area contributed by atoms with Gasteiger partial charge in [0.15, 0.2) is 0 Å². The number of sulfonamides is 1. The lowest BCUT2D eigenvalue weighted by Gasteiger charge is -2.36. The molecular formula is C18H24N2O3S. The van der Waals surface area contributed by atoms with Gasteiger partial charge in [0.25, 0.3) is 0 Å². The van der Waals surface area contributed by atoms with Crippen LogP contribution in [-0.2, 0) is 14.8 Å². The molecule has 1 unspecified atom stereocenters. The van der Waals surface area contributed by atoms with E-state index in [0.717, 1.165) is 44.3 Å². The normalized spacial score (nSPS) is 26.1. The van der Waals surface area contributed by atoms with Crippen molar-refractivity contribution in [1.82, 2.24) is 4.31 Å². The highest BCUT2D eigenvalue weighted by Gasteiger charge is 2.41. The van der Waals surface area contributed by atoms with Gasteiger partial charge in [-0.15, -0.1) is 0 Å². The smallest absolute Gasteiger partial charge is 0.243 e. The Balaban J connectivity index is 1.56. The summed E-state index contributed by atoms with van der Waals surface area (Å²) in [4.78, 5) is 13.9. The van der Waals surface area contributed by atoms with Crippen LogP contribution >= 0.6 is 0 Å². The molecule has 1 atom stereocenters. The number of benzene rings is 1. The molecule has 130 valence electrons. The minimum absolute atomic E-state index is 0.121. The van der Waals surface area contributed by atoms with E-state index in [2.05, 4.69) is 0 Å². The van der Waals surface area contributed by atoms with E-state index in [1.54, 1.807) is 33.5 Å². The fourth-order valence-electron chi connectivity index (χ4n) is 4.21. The number of anilines is 1. The van der Waals surface area contributed by atoms with Gasteiger partial charge >= 0.3 is 0 Å². The number of nitrogens with zero attached hydrogens (tertiary/aromatic N) is 2. The largest absolute Gasteiger partial charge is 0.312 e. The van der Waals surface area contributed by atoms with E-state index in [1.165, 1.54) is 6.42 Å². The first-order valence-corrected chi connectivity index (χ1v) is 10.4. The first-order valence-electron chi connectivity index (χ1n) is 9.00. The molecule has 24 heavy (non-hydrogen) atoms. The van der Waals surface area contributed by atoms with Gasteiger partial charge in [-0.3, -0.25) is 4.79 Å². The lowest BCUT2D eigenvalue weighted by molar-refractivity contribution is -0.117. The molecule has 0 radical (unpaired) electrons. The van der Waals surface area contributed by atoms with Crippen LogP contribution in [0, 0.1) is 5.92 Å². The summed E-state index contributed by atoms with van der Waals surface area (Å²) in [5.74, 6) is 0.666. The highest BCUT2D eigenvalue weighted by molar-refractivity contribution is 7.89. The van der Waals surface area contributed by atoms with Crippen LogP contribution in [0.3, 0.4) is 0 Å². The second kappa shape index (κ2) is 6.15. The quantitative estimate of drug-likeness (QED) is 0.841. The molecule has 2 saturated heterocycles. The maximum atomic E-state index is 13.0. The molecule has 3 aliphatic rings. The van der Waals surface area contributed by atoms with Crippen molar-refractivity contribution in [3.63, 3.8) is 0 Å². The predicted molar refractivity (Wildman–Crippen MR) is 92.3 cm³/mol. The first kappa shape index (κ1) is 16.1. The average molecular weight is 348 g/mol. The second-order valence-corrected chi connectivity index (χ2v) is 9.05. The summed E-state index contributed by atoms with van der Waals surface area (Å²) >= 11 is 0. The van der Waals surface area contributed by atoms with Gasteiger partial charge in [-0.1, -0.05) is 6.42 Å². The zero-order valence-corrected chi connectivity index (χ0v) is 14.7. The Bertz CT molecular complexity index is 725. The van der Waals surface area contributed by atoms with Gasteiger partial charge in [0.1, 0.15) is 0 Å². The van der Waals surface area contributed by atoms with Gasteiger partial charge in [-0.05, 0) is 62.3 Å². The van der Waals surface area contributed by atoms with Gasteiger partial charge in [-0.2, -0.15) is 4.31 Å². The summed E-state index contributed by atoms with van der Waals surface area (Å²) in [5, 5.41) is 0. The average Bonchev–Trinajstić information content (AvgIpc) is 3.15. The molecule has 0 spiro atoms. The van der Waals surface area contributed by atoms with Gasteiger partial charge < -0.3 is 4.90 Å². The maximum Gasteiger partial charge on any atom is 0.243 e. The van der Waals surface area contributed by atoms with Crippen LogP contribution in [-0.4, -0.2) is 37.8 Å². The number of hydrogen-bond donors (Lipinski definition) is 0. The summed E-state index contributed by atoms with van der Waals surface area (Å²) in [6.07, 6.45) is 6.95. The lowest BCUT2D eigenvalue weighted by Crippen LogP contribution is -2.42. The summed E-state index contributed by atoms with van der Waals surface area (Å²) in [6, 6.07) is 7.04. The Morgan fingerprint density at radius 3 is 2.25 bits per heavy atom. The molecule has 0 N–H and O–H groups in total. The molecule has 6 heteroatoms. The van der Waals surface area contributed by atoms with E-state index in [-0.39, 0.29) is 11.9 Å². The third-order valence-electron chi connectivity index (χ3n) is 5.77. The first-order chi connectivity index (χ1) is 11.6. The molecule has 1 amide bonds. The number of hydrogen-bond acceptors (Lipinski definition) is 3. The van der Waals surface area contributed by atoms with Crippen LogP contribution in [0.5, 0.6) is 0 Å². The Morgan fingerprint density at radius 2 is 1.67 bits per heavy atom. The molecular weight excluding hydrogens is 324 g/mol. The van der Waals surface area contributed by atoms with Crippen LogP contribution in [0.4, 0.5) is 5.69 Å². The summed E-state index contributed by atoms with van der Waals surface area (Å²) in [5.41, 5.74) is 0.799. The molecule has 2 aliphatic heterocycles. The highest BCUT2D eigenvalue weighted by atomic mass is 32.2. The Kier molecular flexibility index (Phi) is 4.12. The highest BCUT2D eigenvalue weighted by Crippen LogP contribution is 2.39. The Hall–Kier alpha value is -1.40. The molecule has 2 heterocycles. The van der Waals surface area contributed by atoms with E-state index in [1.807, 2.05) is 0 Å². The number of amides is 1. The second-order valence-electron chi connectivity index (χ2n) is 7.16. The monoisotopic (exact) mass is 348 g/mol. The summed E-state index contributed by atoms with van der Waals surface area (Å²) in [7, 11) is -3.43. The minimum Gasteiger partial charge on any atom is -0.312 e. The molecule has 0 aromatic heterocycles. The predicted octanol–water partition coefficient (Wildman–Crippen LogP) is 2.77. The Morgan fingerprint density at radius 1 is 0.917 bits per heavy atom. The molecule has 1 aromatic rings. The van der Waals surface area contributed by atoms with Crippen molar-refractivity contribution in [2.45, 2.75) is 55.9 Å². The van der Waals surface area contributed by atoms with Crippen molar-refractivity contribution < 1.29 is 13.2 Å². The van der Waals surface area contributed by atoms with Crippen LogP contribution in [0.25, 0.3) is 0 Å². The molecule has 4 rings (SSSR count). The van der Waals surface area contributed by atoms with E-state index in [0.29, 0.717) is 23.8 Å². The zero-order valence-electron chi connectivity index (χ0n) is 13.9. The fourth-order valence-corrected chi connectivity index (χ4v) is 5.97. The molecule has 5 nitrogen and oxygen atoms in total. The van der Waals surface area contributed by atoms with Gasteiger partial charge in [0.05, 0.1) is 4.90 Å². The molecule has 0 bridgehead atoms. The van der Waals surface area contributed by atoms with Crippen LogP contribution in [0.2, 0.25) is 0 Å². The fraction of sp³-hybridized carbons (Fsp3) is 0.611. The van der Waals surface area contributed by atoms with Crippen molar-refractivity contribution in [3.05, 3.63) is 24.3 Å². The van der Waals surface area contributed by atoms with Crippen LogP contribution in [0.1, 0.15) is 44.9 Å². The third kappa shape index (κ3) is 2.65. The van der Waals surface area contributed by atoms with E-state index >= 15 is 0 Å². The molecule has 1 saturated carbocycles. The van der Waals surface area contributed by atoms with Gasteiger partial charge in [-0.25, -0.2) is 8.42 Å². The standard InChI is InChI=1S/C18H24N2O3S/c21-18-7-3-12-19(18)15-8-10-16(11-9-15)24(22,23)20-13-2-6-17(20)14-4-1-5-14/h8-11,14,17H,1-7,12-13H2.